The molecule has 132 valence electrons. The number of piperazine rings is 1. The lowest BCUT2D eigenvalue weighted by Gasteiger charge is -2.36. The highest BCUT2D eigenvalue weighted by Gasteiger charge is 2.17. The Labute approximate surface area is 152 Å². The first-order valence-electron chi connectivity index (χ1n) is 8.38. The summed E-state index contributed by atoms with van der Waals surface area (Å²) in [5.41, 5.74) is 1.67. The second-order valence-corrected chi connectivity index (χ2v) is 6.50. The van der Waals surface area contributed by atoms with Gasteiger partial charge in [0.1, 0.15) is 5.82 Å². The molecule has 1 saturated heterocycles. The highest BCUT2D eigenvalue weighted by Crippen LogP contribution is 2.16. The topological polar surface area (TPSA) is 35.6 Å². The third-order valence-corrected chi connectivity index (χ3v) is 4.64. The van der Waals surface area contributed by atoms with Gasteiger partial charge in [0.05, 0.1) is 0 Å². The Morgan fingerprint density at radius 2 is 1.64 bits per heavy atom. The second-order valence-electron chi connectivity index (χ2n) is 6.07. The first-order valence-corrected chi connectivity index (χ1v) is 8.76. The van der Waals surface area contributed by atoms with Crippen molar-refractivity contribution in [1.82, 2.24) is 10.2 Å². The number of anilines is 1. The predicted molar refractivity (Wildman–Crippen MR) is 98.8 cm³/mol. The fourth-order valence-corrected chi connectivity index (χ4v) is 3.04. The zero-order valence-corrected chi connectivity index (χ0v) is 14.7. The molecule has 1 N–H and O–H groups in total. The molecule has 0 spiro atoms. The van der Waals surface area contributed by atoms with Gasteiger partial charge < -0.3 is 10.2 Å². The molecule has 0 atom stereocenters. The van der Waals surface area contributed by atoms with Crippen molar-refractivity contribution in [2.45, 2.75) is 0 Å². The van der Waals surface area contributed by atoms with Gasteiger partial charge >= 0.3 is 0 Å². The molecule has 0 bridgehead atoms. The van der Waals surface area contributed by atoms with E-state index in [0.29, 0.717) is 17.1 Å². The lowest BCUT2D eigenvalue weighted by Crippen LogP contribution is -2.48. The predicted octanol–water partition coefficient (Wildman–Crippen LogP) is 3.03. The quantitative estimate of drug-likeness (QED) is 0.889. The molecule has 1 heterocycles. The summed E-state index contributed by atoms with van der Waals surface area (Å²) >= 11 is 5.83. The van der Waals surface area contributed by atoms with Gasteiger partial charge in [0, 0.05) is 55.5 Å². The van der Waals surface area contributed by atoms with E-state index in [0.717, 1.165) is 38.4 Å². The van der Waals surface area contributed by atoms with Gasteiger partial charge in [-0.1, -0.05) is 11.6 Å². The second kappa shape index (κ2) is 8.32. The minimum Gasteiger partial charge on any atom is -0.369 e. The summed E-state index contributed by atoms with van der Waals surface area (Å²) in [6.07, 6.45) is 0. The third kappa shape index (κ3) is 4.94. The molecule has 0 aliphatic carbocycles. The minimum absolute atomic E-state index is 0.0818. The molecule has 0 saturated carbocycles. The van der Waals surface area contributed by atoms with Crippen LogP contribution in [0.25, 0.3) is 0 Å². The summed E-state index contributed by atoms with van der Waals surface area (Å²) in [4.78, 5) is 16.6. The van der Waals surface area contributed by atoms with Crippen LogP contribution in [-0.4, -0.2) is 50.1 Å². The van der Waals surface area contributed by atoms with E-state index >= 15 is 0 Å². The van der Waals surface area contributed by atoms with E-state index in [9.17, 15) is 9.18 Å². The molecule has 0 aromatic heterocycles. The van der Waals surface area contributed by atoms with Crippen LogP contribution in [0.2, 0.25) is 5.02 Å². The van der Waals surface area contributed by atoms with Gasteiger partial charge in [0.15, 0.2) is 0 Å². The molecule has 0 unspecified atom stereocenters. The molecule has 2 aromatic carbocycles. The molecule has 6 heteroatoms. The van der Waals surface area contributed by atoms with Gasteiger partial charge in [0.2, 0.25) is 0 Å². The Morgan fingerprint density at radius 1 is 1.00 bits per heavy atom. The lowest BCUT2D eigenvalue weighted by molar-refractivity contribution is 0.0948. The molecule has 1 fully saturated rings. The number of nitrogens with zero attached hydrogens (tertiary/aromatic N) is 2. The maximum Gasteiger partial charge on any atom is 0.251 e. The summed E-state index contributed by atoms with van der Waals surface area (Å²) in [5, 5.41) is 3.56. The zero-order valence-electron chi connectivity index (χ0n) is 13.9. The van der Waals surface area contributed by atoms with Crippen LogP contribution in [0.3, 0.4) is 0 Å². The van der Waals surface area contributed by atoms with E-state index in [4.69, 9.17) is 11.6 Å². The van der Waals surface area contributed by atoms with Crippen LogP contribution in [0.15, 0.2) is 48.5 Å². The van der Waals surface area contributed by atoms with Crippen molar-refractivity contribution in [3.8, 4) is 0 Å². The third-order valence-electron chi connectivity index (χ3n) is 4.38. The van der Waals surface area contributed by atoms with Gasteiger partial charge in [-0.05, 0) is 48.5 Å². The summed E-state index contributed by atoms with van der Waals surface area (Å²) in [5.74, 6) is -0.291. The van der Waals surface area contributed by atoms with Crippen molar-refractivity contribution in [1.29, 1.82) is 0 Å². The van der Waals surface area contributed by atoms with Crippen LogP contribution in [0.5, 0.6) is 0 Å². The zero-order chi connectivity index (χ0) is 17.6. The number of amides is 1. The Balaban J connectivity index is 1.40. The van der Waals surface area contributed by atoms with Crippen molar-refractivity contribution in [3.05, 3.63) is 64.9 Å². The van der Waals surface area contributed by atoms with Crippen molar-refractivity contribution in [3.63, 3.8) is 0 Å². The van der Waals surface area contributed by atoms with Gasteiger partial charge in [-0.3, -0.25) is 9.69 Å². The van der Waals surface area contributed by atoms with Gasteiger partial charge in [-0.15, -0.1) is 0 Å². The van der Waals surface area contributed by atoms with Crippen LogP contribution in [0.4, 0.5) is 10.1 Å². The molecule has 25 heavy (non-hydrogen) atoms. The fourth-order valence-electron chi connectivity index (χ4n) is 2.91. The first-order chi connectivity index (χ1) is 12.1. The molecular formula is C19H21ClFN3O. The largest absolute Gasteiger partial charge is 0.369 e. The Bertz CT molecular complexity index is 698. The highest BCUT2D eigenvalue weighted by molar-refractivity contribution is 6.30. The van der Waals surface area contributed by atoms with Crippen molar-refractivity contribution >= 4 is 23.2 Å². The monoisotopic (exact) mass is 361 g/mol. The number of rotatable bonds is 5. The summed E-state index contributed by atoms with van der Waals surface area (Å²) in [6, 6.07) is 13.5. The number of nitrogens with one attached hydrogen (secondary N) is 1. The number of hydrogen-bond donors (Lipinski definition) is 1. The van der Waals surface area contributed by atoms with Crippen molar-refractivity contribution in [2.75, 3.05) is 44.2 Å². The van der Waals surface area contributed by atoms with Crippen molar-refractivity contribution < 1.29 is 9.18 Å². The standard InChI is InChI=1S/C19H21ClFN3O/c20-16-3-1-15(2-4-16)19(25)22-9-10-23-11-13-24(14-12-23)18-7-5-17(21)6-8-18/h1-8H,9-14H2,(H,22,25). The smallest absolute Gasteiger partial charge is 0.251 e. The first kappa shape index (κ1) is 17.7. The Kier molecular flexibility index (Phi) is 5.89. The Morgan fingerprint density at radius 3 is 2.28 bits per heavy atom. The van der Waals surface area contributed by atoms with Crippen LogP contribution in [-0.2, 0) is 0 Å². The van der Waals surface area contributed by atoms with E-state index in [1.54, 1.807) is 24.3 Å². The number of benzene rings is 2. The molecule has 3 rings (SSSR count). The number of halogens is 2. The maximum absolute atomic E-state index is 13.0. The molecule has 1 aliphatic rings. The highest BCUT2D eigenvalue weighted by atomic mass is 35.5. The summed E-state index contributed by atoms with van der Waals surface area (Å²) in [7, 11) is 0. The molecule has 0 radical (unpaired) electrons. The van der Waals surface area contributed by atoms with Crippen LogP contribution >= 0.6 is 11.6 Å². The van der Waals surface area contributed by atoms with E-state index in [1.165, 1.54) is 12.1 Å². The minimum atomic E-state index is -0.209. The van der Waals surface area contributed by atoms with Crippen LogP contribution in [0, 0.1) is 5.82 Å². The maximum atomic E-state index is 13.0. The lowest BCUT2D eigenvalue weighted by atomic mass is 10.2. The number of hydrogen-bond acceptors (Lipinski definition) is 3. The fraction of sp³-hybridized carbons (Fsp3) is 0.316. The molecule has 2 aromatic rings. The van der Waals surface area contributed by atoms with E-state index in [1.807, 2.05) is 12.1 Å². The molecule has 1 aliphatic heterocycles. The Hall–Kier alpha value is -2.11. The summed E-state index contributed by atoms with van der Waals surface area (Å²) < 4.78 is 13.0. The average molecular weight is 362 g/mol. The molecular weight excluding hydrogens is 341 g/mol. The summed E-state index contributed by atoms with van der Waals surface area (Å²) in [6.45, 7) is 5.07. The normalized spacial score (nSPS) is 15.2. The van der Waals surface area contributed by atoms with Gasteiger partial charge in [-0.25, -0.2) is 4.39 Å². The van der Waals surface area contributed by atoms with Crippen LogP contribution < -0.4 is 10.2 Å². The number of carbonyl (C=O) groups excluding carboxylic acids is 1. The van der Waals surface area contributed by atoms with E-state index in [2.05, 4.69) is 15.1 Å². The molecule has 4 nitrogen and oxygen atoms in total. The van der Waals surface area contributed by atoms with Gasteiger partial charge in [0.25, 0.3) is 5.91 Å². The SMILES string of the molecule is O=C(NCCN1CCN(c2ccc(F)cc2)CC1)c1ccc(Cl)cc1. The van der Waals surface area contributed by atoms with E-state index < -0.39 is 0 Å². The van der Waals surface area contributed by atoms with E-state index in [-0.39, 0.29) is 11.7 Å². The van der Waals surface area contributed by atoms with Crippen molar-refractivity contribution in [2.24, 2.45) is 0 Å². The molecule has 1 amide bonds. The van der Waals surface area contributed by atoms with Gasteiger partial charge in [-0.2, -0.15) is 0 Å². The average Bonchev–Trinajstić information content (AvgIpc) is 2.63. The number of carbonyl (C=O) groups is 1. The van der Waals surface area contributed by atoms with Crippen LogP contribution in [0.1, 0.15) is 10.4 Å².